The highest BCUT2D eigenvalue weighted by Gasteiger charge is 2.12. The van der Waals surface area contributed by atoms with Crippen molar-refractivity contribution in [2.75, 3.05) is 23.8 Å². The number of carbonyl (C=O) groups excluding carboxylic acids is 1. The summed E-state index contributed by atoms with van der Waals surface area (Å²) in [5.41, 5.74) is 3.01. The number of hydrogen-bond donors (Lipinski definition) is 2. The third-order valence-electron chi connectivity index (χ3n) is 4.02. The predicted octanol–water partition coefficient (Wildman–Crippen LogP) is 3.55. The van der Waals surface area contributed by atoms with Gasteiger partial charge in [0.2, 0.25) is 5.95 Å². The lowest BCUT2D eigenvalue weighted by atomic mass is 10.2. The molecule has 27 heavy (non-hydrogen) atoms. The van der Waals surface area contributed by atoms with E-state index in [1.54, 1.807) is 0 Å². The van der Waals surface area contributed by atoms with Crippen molar-refractivity contribution in [3.63, 3.8) is 0 Å². The van der Waals surface area contributed by atoms with Crippen LogP contribution in [0.2, 0.25) is 0 Å². The van der Waals surface area contributed by atoms with Crippen molar-refractivity contribution in [3.8, 4) is 11.5 Å². The van der Waals surface area contributed by atoms with E-state index < -0.39 is 0 Å². The van der Waals surface area contributed by atoms with Gasteiger partial charge >= 0.3 is 0 Å². The number of amides is 1. The second-order valence-corrected chi connectivity index (χ2v) is 6.10. The number of carbonyl (C=O) groups is 1. The zero-order valence-electron chi connectivity index (χ0n) is 14.7. The molecule has 2 heterocycles. The second-order valence-electron chi connectivity index (χ2n) is 6.10. The van der Waals surface area contributed by atoms with Crippen LogP contribution in [0.25, 0.3) is 0 Å². The summed E-state index contributed by atoms with van der Waals surface area (Å²) in [6.45, 7) is 3.07. The fraction of sp³-hybridized carbons (Fsp3) is 0.150. The Hall–Kier alpha value is -3.61. The van der Waals surface area contributed by atoms with Gasteiger partial charge in [0, 0.05) is 29.8 Å². The fourth-order valence-electron chi connectivity index (χ4n) is 2.60. The summed E-state index contributed by atoms with van der Waals surface area (Å²) < 4.78 is 11.1. The molecule has 1 aliphatic heterocycles. The molecule has 0 saturated carbocycles. The van der Waals surface area contributed by atoms with Gasteiger partial charge in [-0.05, 0) is 31.2 Å². The summed E-state index contributed by atoms with van der Waals surface area (Å²) >= 11 is 0. The van der Waals surface area contributed by atoms with Crippen LogP contribution in [0.4, 0.5) is 17.3 Å². The standard InChI is InChI=1S/C20H18N4O3/c1-13-2-4-15(5-3-13)23-19(25)14-11-21-20(22-12-14)24-16-6-7-17-18(10-16)27-9-8-26-17/h2-7,10-12H,8-9H2,1H3,(H,23,25)(H,21,22,24). The number of nitrogens with one attached hydrogen (secondary N) is 2. The summed E-state index contributed by atoms with van der Waals surface area (Å²) in [5, 5.41) is 5.91. The first kappa shape index (κ1) is 16.8. The molecule has 1 aromatic heterocycles. The van der Waals surface area contributed by atoms with Gasteiger partial charge in [0.1, 0.15) is 13.2 Å². The number of hydrogen-bond acceptors (Lipinski definition) is 6. The predicted molar refractivity (Wildman–Crippen MR) is 102 cm³/mol. The van der Waals surface area contributed by atoms with Gasteiger partial charge in [-0.1, -0.05) is 17.7 Å². The van der Waals surface area contributed by atoms with Gasteiger partial charge in [0.25, 0.3) is 5.91 Å². The number of benzene rings is 2. The minimum atomic E-state index is -0.260. The first-order valence-corrected chi connectivity index (χ1v) is 8.54. The minimum Gasteiger partial charge on any atom is -0.486 e. The van der Waals surface area contributed by atoms with Gasteiger partial charge in [-0.3, -0.25) is 4.79 Å². The van der Waals surface area contributed by atoms with E-state index in [0.29, 0.717) is 30.5 Å². The topological polar surface area (TPSA) is 85.4 Å². The first-order valence-electron chi connectivity index (χ1n) is 8.54. The highest BCUT2D eigenvalue weighted by Crippen LogP contribution is 2.33. The van der Waals surface area contributed by atoms with Crippen LogP contribution >= 0.6 is 0 Å². The summed E-state index contributed by atoms with van der Waals surface area (Å²) in [7, 11) is 0. The molecule has 136 valence electrons. The molecule has 3 aromatic rings. The minimum absolute atomic E-state index is 0.260. The summed E-state index contributed by atoms with van der Waals surface area (Å²) in [4.78, 5) is 20.7. The Balaban J connectivity index is 1.42. The van der Waals surface area contributed by atoms with E-state index in [0.717, 1.165) is 22.7 Å². The largest absolute Gasteiger partial charge is 0.486 e. The lowest BCUT2D eigenvalue weighted by molar-refractivity contribution is 0.102. The number of aromatic nitrogens is 2. The van der Waals surface area contributed by atoms with Crippen LogP contribution < -0.4 is 20.1 Å². The number of nitrogens with zero attached hydrogens (tertiary/aromatic N) is 2. The Kier molecular flexibility index (Phi) is 4.57. The molecule has 0 bridgehead atoms. The fourth-order valence-corrected chi connectivity index (χ4v) is 2.60. The Bertz CT molecular complexity index is 956. The Morgan fingerprint density at radius 1 is 0.926 bits per heavy atom. The van der Waals surface area contributed by atoms with Crippen LogP contribution in [0.3, 0.4) is 0 Å². The first-order chi connectivity index (χ1) is 13.2. The van der Waals surface area contributed by atoms with E-state index in [2.05, 4.69) is 20.6 Å². The number of ether oxygens (including phenoxy) is 2. The van der Waals surface area contributed by atoms with Gasteiger partial charge in [-0.25, -0.2) is 9.97 Å². The average Bonchev–Trinajstić information content (AvgIpc) is 2.70. The second kappa shape index (κ2) is 7.33. The molecule has 0 radical (unpaired) electrons. The van der Waals surface area contributed by atoms with E-state index in [1.807, 2.05) is 49.4 Å². The molecule has 0 spiro atoms. The molecule has 7 heteroatoms. The molecule has 4 rings (SSSR count). The molecule has 0 atom stereocenters. The molecule has 1 aliphatic rings. The molecule has 1 amide bonds. The van der Waals surface area contributed by atoms with Crippen molar-refractivity contribution in [1.82, 2.24) is 9.97 Å². The van der Waals surface area contributed by atoms with Crippen LogP contribution in [0.15, 0.2) is 54.9 Å². The van der Waals surface area contributed by atoms with E-state index in [-0.39, 0.29) is 5.91 Å². The Labute approximate surface area is 156 Å². The maximum atomic E-state index is 12.3. The van der Waals surface area contributed by atoms with Crippen molar-refractivity contribution >= 4 is 23.2 Å². The van der Waals surface area contributed by atoms with Crippen molar-refractivity contribution in [2.45, 2.75) is 6.92 Å². The van der Waals surface area contributed by atoms with Crippen LogP contribution in [0.1, 0.15) is 15.9 Å². The van der Waals surface area contributed by atoms with Crippen LogP contribution in [-0.4, -0.2) is 29.1 Å². The maximum absolute atomic E-state index is 12.3. The average molecular weight is 362 g/mol. The monoisotopic (exact) mass is 362 g/mol. The van der Waals surface area contributed by atoms with E-state index in [4.69, 9.17) is 9.47 Å². The summed E-state index contributed by atoms with van der Waals surface area (Å²) in [6, 6.07) is 13.1. The molecule has 0 fully saturated rings. The van der Waals surface area contributed by atoms with Gasteiger partial charge in [-0.2, -0.15) is 0 Å². The van der Waals surface area contributed by atoms with Gasteiger partial charge in [0.05, 0.1) is 5.56 Å². The molecular formula is C20H18N4O3. The number of aryl methyl sites for hydroxylation is 1. The van der Waals surface area contributed by atoms with E-state index in [9.17, 15) is 4.79 Å². The number of anilines is 3. The van der Waals surface area contributed by atoms with Gasteiger partial charge in [0.15, 0.2) is 11.5 Å². The summed E-state index contributed by atoms with van der Waals surface area (Å²) in [6.07, 6.45) is 2.97. The van der Waals surface area contributed by atoms with Crippen LogP contribution in [0, 0.1) is 6.92 Å². The summed E-state index contributed by atoms with van der Waals surface area (Å²) in [5.74, 6) is 1.53. The van der Waals surface area contributed by atoms with Gasteiger partial charge < -0.3 is 20.1 Å². The lowest BCUT2D eigenvalue weighted by Gasteiger charge is -2.18. The van der Waals surface area contributed by atoms with Crippen molar-refractivity contribution in [1.29, 1.82) is 0 Å². The molecule has 0 aliphatic carbocycles. The highest BCUT2D eigenvalue weighted by atomic mass is 16.6. The number of fused-ring (bicyclic) bond motifs is 1. The number of rotatable bonds is 4. The quantitative estimate of drug-likeness (QED) is 0.738. The van der Waals surface area contributed by atoms with Crippen LogP contribution in [-0.2, 0) is 0 Å². The lowest BCUT2D eigenvalue weighted by Crippen LogP contribution is -2.15. The van der Waals surface area contributed by atoms with E-state index >= 15 is 0 Å². The zero-order valence-corrected chi connectivity index (χ0v) is 14.7. The molecule has 2 aromatic carbocycles. The molecule has 7 nitrogen and oxygen atoms in total. The zero-order chi connectivity index (χ0) is 18.6. The maximum Gasteiger partial charge on any atom is 0.258 e. The smallest absolute Gasteiger partial charge is 0.258 e. The van der Waals surface area contributed by atoms with Crippen molar-refractivity contribution < 1.29 is 14.3 Å². The van der Waals surface area contributed by atoms with E-state index in [1.165, 1.54) is 12.4 Å². The molecular weight excluding hydrogens is 344 g/mol. The highest BCUT2D eigenvalue weighted by molar-refractivity contribution is 6.03. The SMILES string of the molecule is Cc1ccc(NC(=O)c2cnc(Nc3ccc4c(c3)OCCO4)nc2)cc1. The third-order valence-corrected chi connectivity index (χ3v) is 4.02. The molecule has 0 unspecified atom stereocenters. The Morgan fingerprint density at radius 3 is 2.33 bits per heavy atom. The third kappa shape index (κ3) is 3.98. The molecule has 2 N–H and O–H groups in total. The normalized spacial score (nSPS) is 12.3. The van der Waals surface area contributed by atoms with Gasteiger partial charge in [-0.15, -0.1) is 0 Å². The van der Waals surface area contributed by atoms with Crippen molar-refractivity contribution in [3.05, 3.63) is 66.0 Å². The van der Waals surface area contributed by atoms with Crippen molar-refractivity contribution in [2.24, 2.45) is 0 Å². The molecule has 0 saturated heterocycles. The van der Waals surface area contributed by atoms with Crippen LogP contribution in [0.5, 0.6) is 11.5 Å². The Morgan fingerprint density at radius 2 is 1.59 bits per heavy atom.